The second-order valence-electron chi connectivity index (χ2n) is 2.70. The molecule has 3 heteroatoms. The van der Waals surface area contributed by atoms with Crippen molar-refractivity contribution in [3.63, 3.8) is 0 Å². The van der Waals surface area contributed by atoms with Crippen LogP contribution in [-0.4, -0.2) is 5.78 Å². The summed E-state index contributed by atoms with van der Waals surface area (Å²) in [5, 5.41) is 0. The molecule has 0 amide bonds. The average Bonchev–Trinajstić information content (AvgIpc) is 2.16. The predicted octanol–water partition coefficient (Wildman–Crippen LogP) is 3.86. The fourth-order valence-corrected chi connectivity index (χ4v) is 1.15. The summed E-state index contributed by atoms with van der Waals surface area (Å²) in [4.78, 5) is 11.0. The van der Waals surface area contributed by atoms with Gasteiger partial charge in [0, 0.05) is 10.9 Å². The topological polar surface area (TPSA) is 17.1 Å². The van der Waals surface area contributed by atoms with Gasteiger partial charge in [0.15, 0.2) is 5.78 Å². The molecule has 0 radical (unpaired) electrons. The molecule has 0 aliphatic carbocycles. The van der Waals surface area contributed by atoms with E-state index >= 15 is 0 Å². The molecule has 0 heterocycles. The van der Waals surface area contributed by atoms with Crippen molar-refractivity contribution in [1.82, 2.24) is 0 Å². The van der Waals surface area contributed by atoms with Gasteiger partial charge in [-0.1, -0.05) is 41.1 Å². The molecule has 0 saturated heterocycles. The Bertz CT molecular complexity index is 317. The third-order valence-corrected chi connectivity index (χ3v) is 2.21. The molecule has 0 unspecified atom stereocenters. The monoisotopic (exact) mass is 274 g/mol. The highest BCUT2D eigenvalue weighted by atomic mass is 79.9. The van der Waals surface area contributed by atoms with Crippen LogP contribution in [0, 0.1) is 0 Å². The van der Waals surface area contributed by atoms with Crippen molar-refractivity contribution in [2.24, 2.45) is 0 Å². The van der Waals surface area contributed by atoms with Gasteiger partial charge in [0.2, 0.25) is 0 Å². The quantitative estimate of drug-likeness (QED) is 0.766. The van der Waals surface area contributed by atoms with Crippen LogP contribution in [0.1, 0.15) is 18.9 Å². The number of hydrogen-bond acceptors (Lipinski definition) is 1. The number of carbonyl (C=O) groups excluding carboxylic acids is 1. The van der Waals surface area contributed by atoms with Crippen molar-refractivity contribution in [3.05, 3.63) is 40.4 Å². The van der Waals surface area contributed by atoms with Crippen LogP contribution in [-0.2, 0) is 4.79 Å². The maximum atomic E-state index is 11.0. The molecular weight excluding hydrogens is 263 g/mol. The minimum absolute atomic E-state index is 0. The lowest BCUT2D eigenvalue weighted by atomic mass is 10.2. The summed E-state index contributed by atoms with van der Waals surface area (Å²) in [7, 11) is 0. The van der Waals surface area contributed by atoms with Crippen LogP contribution in [0.15, 0.2) is 34.8 Å². The van der Waals surface area contributed by atoms with Crippen LogP contribution < -0.4 is 0 Å². The van der Waals surface area contributed by atoms with E-state index in [-0.39, 0.29) is 18.2 Å². The second-order valence-corrected chi connectivity index (χ2v) is 3.62. The third kappa shape index (κ3) is 4.58. The van der Waals surface area contributed by atoms with Crippen LogP contribution in [0.25, 0.3) is 6.08 Å². The number of halogens is 2. The van der Waals surface area contributed by atoms with Crippen LogP contribution in [0.4, 0.5) is 0 Å². The summed E-state index contributed by atoms with van der Waals surface area (Å²) in [5.41, 5.74) is 1.05. The van der Waals surface area contributed by atoms with Gasteiger partial charge in [-0.2, -0.15) is 0 Å². The summed E-state index contributed by atoms with van der Waals surface area (Å²) >= 11 is 3.35. The van der Waals surface area contributed by atoms with E-state index in [0.717, 1.165) is 10.0 Å². The maximum absolute atomic E-state index is 11.0. The standard InChI is InChI=1S/C11H11BrO.ClH/c1-2-11(13)8-5-9-3-6-10(12)7-4-9;/h3-8H,2H2,1H3;1H. The number of carbonyl (C=O) groups is 1. The Hall–Kier alpha value is -0.600. The smallest absolute Gasteiger partial charge is 0.155 e. The van der Waals surface area contributed by atoms with Crippen molar-refractivity contribution in [1.29, 1.82) is 0 Å². The van der Waals surface area contributed by atoms with Crippen molar-refractivity contribution in [2.75, 3.05) is 0 Å². The molecule has 1 nitrogen and oxygen atoms in total. The van der Waals surface area contributed by atoms with Crippen LogP contribution in [0.2, 0.25) is 0 Å². The molecule has 0 saturated carbocycles. The first kappa shape index (κ1) is 13.4. The largest absolute Gasteiger partial charge is 0.295 e. The highest BCUT2D eigenvalue weighted by molar-refractivity contribution is 9.10. The normalized spacial score (nSPS) is 9.86. The van der Waals surface area contributed by atoms with E-state index in [0.29, 0.717) is 6.42 Å². The molecule has 14 heavy (non-hydrogen) atoms. The fourth-order valence-electron chi connectivity index (χ4n) is 0.881. The maximum Gasteiger partial charge on any atom is 0.155 e. The Morgan fingerprint density at radius 2 is 1.93 bits per heavy atom. The molecule has 0 spiro atoms. The van der Waals surface area contributed by atoms with E-state index in [4.69, 9.17) is 0 Å². The van der Waals surface area contributed by atoms with Gasteiger partial charge < -0.3 is 0 Å². The number of allylic oxidation sites excluding steroid dienone is 1. The number of hydrogen-bond donors (Lipinski definition) is 0. The molecular formula is C11H12BrClO. The van der Waals surface area contributed by atoms with Gasteiger partial charge in [-0.3, -0.25) is 4.79 Å². The van der Waals surface area contributed by atoms with Gasteiger partial charge in [-0.05, 0) is 23.8 Å². The molecule has 0 bridgehead atoms. The van der Waals surface area contributed by atoms with E-state index in [1.165, 1.54) is 0 Å². The Morgan fingerprint density at radius 1 is 1.36 bits per heavy atom. The van der Waals surface area contributed by atoms with Gasteiger partial charge in [0.05, 0.1) is 0 Å². The molecule has 1 rings (SSSR count). The molecule has 0 aliphatic heterocycles. The van der Waals surface area contributed by atoms with E-state index in [1.807, 2.05) is 37.3 Å². The zero-order valence-corrected chi connectivity index (χ0v) is 10.3. The van der Waals surface area contributed by atoms with Gasteiger partial charge >= 0.3 is 0 Å². The summed E-state index contributed by atoms with van der Waals surface area (Å²) in [5.74, 6) is 0.155. The van der Waals surface area contributed by atoms with Gasteiger partial charge in [-0.25, -0.2) is 0 Å². The van der Waals surface area contributed by atoms with E-state index in [2.05, 4.69) is 15.9 Å². The van der Waals surface area contributed by atoms with Crippen molar-refractivity contribution in [3.8, 4) is 0 Å². The molecule has 0 aromatic heterocycles. The lowest BCUT2D eigenvalue weighted by Crippen LogP contribution is -1.86. The number of ketones is 1. The predicted molar refractivity (Wildman–Crippen MR) is 65.7 cm³/mol. The highest BCUT2D eigenvalue weighted by Crippen LogP contribution is 2.11. The van der Waals surface area contributed by atoms with Crippen LogP contribution in [0.5, 0.6) is 0 Å². The Balaban J connectivity index is 0.00000169. The Labute approximate surface area is 98.7 Å². The zero-order valence-electron chi connectivity index (χ0n) is 7.87. The molecule has 1 aromatic rings. The number of benzene rings is 1. The Morgan fingerprint density at radius 3 is 2.43 bits per heavy atom. The lowest BCUT2D eigenvalue weighted by molar-refractivity contribution is -0.114. The van der Waals surface area contributed by atoms with E-state index < -0.39 is 0 Å². The average molecular weight is 276 g/mol. The minimum Gasteiger partial charge on any atom is -0.295 e. The van der Waals surface area contributed by atoms with Gasteiger partial charge in [0.25, 0.3) is 0 Å². The fraction of sp³-hybridized carbons (Fsp3) is 0.182. The summed E-state index contributed by atoms with van der Waals surface area (Å²) < 4.78 is 1.05. The third-order valence-electron chi connectivity index (χ3n) is 1.68. The van der Waals surface area contributed by atoms with E-state index in [1.54, 1.807) is 6.08 Å². The molecule has 0 N–H and O–H groups in total. The van der Waals surface area contributed by atoms with E-state index in [9.17, 15) is 4.79 Å². The molecule has 0 atom stereocenters. The first-order valence-corrected chi connectivity index (χ1v) is 4.98. The van der Waals surface area contributed by atoms with Crippen molar-refractivity contribution < 1.29 is 4.79 Å². The van der Waals surface area contributed by atoms with Gasteiger partial charge in [0.1, 0.15) is 0 Å². The highest BCUT2D eigenvalue weighted by Gasteiger charge is 1.90. The summed E-state index contributed by atoms with van der Waals surface area (Å²) in [6.07, 6.45) is 4.01. The first-order valence-electron chi connectivity index (χ1n) is 4.19. The number of rotatable bonds is 3. The summed E-state index contributed by atoms with van der Waals surface area (Å²) in [6.45, 7) is 1.86. The molecule has 0 fully saturated rings. The van der Waals surface area contributed by atoms with Crippen molar-refractivity contribution >= 4 is 40.2 Å². The summed E-state index contributed by atoms with van der Waals surface area (Å²) in [6, 6.07) is 7.83. The lowest BCUT2D eigenvalue weighted by Gasteiger charge is -1.92. The first-order chi connectivity index (χ1) is 6.22. The SMILES string of the molecule is CCC(=O)C=Cc1ccc(Br)cc1.Cl. The van der Waals surface area contributed by atoms with Crippen LogP contribution >= 0.6 is 28.3 Å². The molecule has 0 aliphatic rings. The molecule has 1 aromatic carbocycles. The Kier molecular flexibility index (Phi) is 6.50. The van der Waals surface area contributed by atoms with Gasteiger partial charge in [-0.15, -0.1) is 12.4 Å². The molecule has 76 valence electrons. The second kappa shape index (κ2) is 6.80. The minimum atomic E-state index is 0. The zero-order chi connectivity index (χ0) is 9.68. The van der Waals surface area contributed by atoms with Crippen LogP contribution in [0.3, 0.4) is 0 Å². The van der Waals surface area contributed by atoms with Crippen molar-refractivity contribution in [2.45, 2.75) is 13.3 Å².